The van der Waals surface area contributed by atoms with Crippen molar-refractivity contribution in [1.82, 2.24) is 9.13 Å². The molecule has 8 heteroatoms. The predicted octanol–water partition coefficient (Wildman–Crippen LogP) is 2.16. The van der Waals surface area contributed by atoms with Crippen molar-refractivity contribution < 1.29 is 8.42 Å². The number of rotatable bonds is 4. The van der Waals surface area contributed by atoms with E-state index >= 15 is 0 Å². The van der Waals surface area contributed by atoms with Gasteiger partial charge >= 0.3 is 11.1 Å². The van der Waals surface area contributed by atoms with Gasteiger partial charge in [0.15, 0.2) is 0 Å². The Morgan fingerprint density at radius 1 is 0.852 bits per heavy atom. The SMILES string of the molecule is CC(C)c1ccc(NS(=O)(=O)c2ccc3c(c2)n(C)c(=O)c(=O)n3C)cc1. The summed E-state index contributed by atoms with van der Waals surface area (Å²) in [5, 5.41) is 0. The lowest BCUT2D eigenvalue weighted by molar-refractivity contribution is 0.601. The van der Waals surface area contributed by atoms with E-state index in [9.17, 15) is 18.0 Å². The number of aromatic nitrogens is 2. The van der Waals surface area contributed by atoms with E-state index < -0.39 is 21.1 Å². The predicted molar refractivity (Wildman–Crippen MR) is 106 cm³/mol. The Morgan fingerprint density at radius 2 is 1.41 bits per heavy atom. The quantitative estimate of drug-likeness (QED) is 0.695. The molecule has 1 aromatic heterocycles. The highest BCUT2D eigenvalue weighted by Crippen LogP contribution is 2.22. The maximum Gasteiger partial charge on any atom is 0.316 e. The molecule has 3 rings (SSSR count). The Bertz CT molecular complexity index is 1240. The van der Waals surface area contributed by atoms with Crippen molar-refractivity contribution in [3.05, 3.63) is 68.7 Å². The molecule has 7 nitrogen and oxygen atoms in total. The fourth-order valence-corrected chi connectivity index (χ4v) is 3.96. The minimum Gasteiger partial charge on any atom is -0.305 e. The van der Waals surface area contributed by atoms with Gasteiger partial charge in [-0.15, -0.1) is 0 Å². The van der Waals surface area contributed by atoms with E-state index in [2.05, 4.69) is 18.6 Å². The second-order valence-corrected chi connectivity index (χ2v) is 8.44. The summed E-state index contributed by atoms with van der Waals surface area (Å²) < 4.78 is 30.4. The maximum absolute atomic E-state index is 12.7. The zero-order chi connectivity index (χ0) is 19.9. The van der Waals surface area contributed by atoms with E-state index in [1.165, 1.54) is 36.9 Å². The molecule has 0 bridgehead atoms. The molecule has 0 amide bonds. The van der Waals surface area contributed by atoms with Crippen molar-refractivity contribution >= 4 is 26.7 Å². The van der Waals surface area contributed by atoms with Gasteiger partial charge in [-0.3, -0.25) is 14.3 Å². The van der Waals surface area contributed by atoms with Gasteiger partial charge < -0.3 is 9.13 Å². The van der Waals surface area contributed by atoms with E-state index in [0.717, 1.165) is 10.1 Å². The standard InChI is InChI=1S/C19H21N3O4S/c1-12(2)13-5-7-14(8-6-13)20-27(25,26)15-9-10-16-17(11-15)22(4)19(24)18(23)21(16)3/h5-12,20H,1-4H3. The molecule has 0 unspecified atom stereocenters. The van der Waals surface area contributed by atoms with Gasteiger partial charge in [0.05, 0.1) is 15.9 Å². The number of hydrogen-bond acceptors (Lipinski definition) is 4. The maximum atomic E-state index is 12.7. The van der Waals surface area contributed by atoms with Crippen LogP contribution in [-0.2, 0) is 24.1 Å². The van der Waals surface area contributed by atoms with Crippen LogP contribution in [0.5, 0.6) is 0 Å². The van der Waals surface area contributed by atoms with Crippen molar-refractivity contribution in [2.75, 3.05) is 4.72 Å². The highest BCUT2D eigenvalue weighted by Gasteiger charge is 2.17. The molecule has 3 aromatic rings. The monoisotopic (exact) mass is 387 g/mol. The third-order valence-electron chi connectivity index (χ3n) is 4.60. The first kappa shape index (κ1) is 18.9. The minimum atomic E-state index is -3.84. The second-order valence-electron chi connectivity index (χ2n) is 6.76. The number of benzene rings is 2. The van der Waals surface area contributed by atoms with Crippen LogP contribution in [0.1, 0.15) is 25.3 Å². The molecule has 0 radical (unpaired) electrons. The molecule has 0 atom stereocenters. The largest absolute Gasteiger partial charge is 0.316 e. The lowest BCUT2D eigenvalue weighted by Gasteiger charge is -2.13. The molecular formula is C19H21N3O4S. The van der Waals surface area contributed by atoms with Gasteiger partial charge in [-0.1, -0.05) is 26.0 Å². The summed E-state index contributed by atoms with van der Waals surface area (Å²) in [4.78, 5) is 23.9. The Kier molecular flexibility index (Phi) is 4.69. The summed E-state index contributed by atoms with van der Waals surface area (Å²) >= 11 is 0. The zero-order valence-electron chi connectivity index (χ0n) is 15.6. The molecule has 1 heterocycles. The smallest absolute Gasteiger partial charge is 0.305 e. The third kappa shape index (κ3) is 3.40. The molecule has 142 valence electrons. The van der Waals surface area contributed by atoms with E-state index in [0.29, 0.717) is 22.6 Å². The van der Waals surface area contributed by atoms with Gasteiger partial charge in [0.1, 0.15) is 0 Å². The molecule has 0 aliphatic rings. The highest BCUT2D eigenvalue weighted by atomic mass is 32.2. The lowest BCUT2D eigenvalue weighted by Crippen LogP contribution is -2.39. The Morgan fingerprint density at radius 3 is 1.96 bits per heavy atom. The number of aryl methyl sites for hydroxylation is 2. The molecule has 2 aromatic carbocycles. The topological polar surface area (TPSA) is 90.2 Å². The van der Waals surface area contributed by atoms with Gasteiger partial charge in [0.2, 0.25) is 0 Å². The number of nitrogens with zero attached hydrogens (tertiary/aromatic N) is 2. The van der Waals surface area contributed by atoms with Crippen LogP contribution in [0, 0.1) is 0 Å². The van der Waals surface area contributed by atoms with Crippen LogP contribution >= 0.6 is 0 Å². The van der Waals surface area contributed by atoms with Gasteiger partial charge in [-0.2, -0.15) is 0 Å². The zero-order valence-corrected chi connectivity index (χ0v) is 16.4. The van der Waals surface area contributed by atoms with E-state index in [1.54, 1.807) is 12.1 Å². The third-order valence-corrected chi connectivity index (χ3v) is 5.98. The summed E-state index contributed by atoms with van der Waals surface area (Å²) in [7, 11) is -0.917. The van der Waals surface area contributed by atoms with Crippen molar-refractivity contribution in [2.45, 2.75) is 24.7 Å². The number of anilines is 1. The molecule has 0 saturated heterocycles. The first-order valence-corrected chi connectivity index (χ1v) is 9.92. The number of fused-ring (bicyclic) bond motifs is 1. The molecule has 0 aliphatic heterocycles. The average Bonchev–Trinajstić information content (AvgIpc) is 2.64. The van der Waals surface area contributed by atoms with E-state index in [-0.39, 0.29) is 4.90 Å². The average molecular weight is 387 g/mol. The lowest BCUT2D eigenvalue weighted by atomic mass is 10.0. The Labute approximate surface area is 156 Å². The van der Waals surface area contributed by atoms with Crippen molar-refractivity contribution in [3.63, 3.8) is 0 Å². The fraction of sp³-hybridized carbons (Fsp3) is 0.263. The number of nitrogens with one attached hydrogen (secondary N) is 1. The van der Waals surface area contributed by atoms with Gasteiger partial charge in [0, 0.05) is 19.8 Å². The van der Waals surface area contributed by atoms with Crippen molar-refractivity contribution in [3.8, 4) is 0 Å². The van der Waals surface area contributed by atoms with Crippen LogP contribution in [0.15, 0.2) is 56.9 Å². The van der Waals surface area contributed by atoms with Gasteiger partial charge in [0.25, 0.3) is 10.0 Å². The molecule has 0 spiro atoms. The van der Waals surface area contributed by atoms with Crippen molar-refractivity contribution in [2.24, 2.45) is 14.1 Å². The van der Waals surface area contributed by atoms with E-state index in [4.69, 9.17) is 0 Å². The van der Waals surface area contributed by atoms with Crippen LogP contribution in [0.3, 0.4) is 0 Å². The highest BCUT2D eigenvalue weighted by molar-refractivity contribution is 7.92. The van der Waals surface area contributed by atoms with E-state index in [1.807, 2.05) is 12.1 Å². The molecule has 0 saturated carbocycles. The van der Waals surface area contributed by atoms with Crippen LogP contribution in [0.4, 0.5) is 5.69 Å². The Balaban J connectivity index is 2.05. The number of hydrogen-bond donors (Lipinski definition) is 1. The van der Waals surface area contributed by atoms with Gasteiger partial charge in [-0.05, 0) is 41.8 Å². The summed E-state index contributed by atoms with van der Waals surface area (Å²) in [5.41, 5.74) is 1.02. The normalized spacial score (nSPS) is 11.9. The summed E-state index contributed by atoms with van der Waals surface area (Å²) in [6.45, 7) is 4.12. The summed E-state index contributed by atoms with van der Waals surface area (Å²) in [6.07, 6.45) is 0. The first-order chi connectivity index (χ1) is 12.6. The molecule has 1 N–H and O–H groups in total. The minimum absolute atomic E-state index is 0.0107. The van der Waals surface area contributed by atoms with Crippen LogP contribution in [-0.4, -0.2) is 17.6 Å². The van der Waals surface area contributed by atoms with Crippen LogP contribution in [0.2, 0.25) is 0 Å². The van der Waals surface area contributed by atoms with Gasteiger partial charge in [-0.25, -0.2) is 8.42 Å². The first-order valence-electron chi connectivity index (χ1n) is 8.44. The summed E-state index contributed by atoms with van der Waals surface area (Å²) in [5.74, 6) is 0.351. The van der Waals surface area contributed by atoms with Crippen LogP contribution in [0.25, 0.3) is 11.0 Å². The second kappa shape index (κ2) is 6.70. The molecule has 0 fully saturated rings. The fourth-order valence-electron chi connectivity index (χ4n) is 2.88. The number of sulfonamides is 1. The molecule has 0 aliphatic carbocycles. The molecule has 27 heavy (non-hydrogen) atoms. The Hall–Kier alpha value is -2.87. The van der Waals surface area contributed by atoms with Crippen LogP contribution < -0.4 is 15.8 Å². The summed E-state index contributed by atoms with van der Waals surface area (Å²) in [6, 6.07) is 11.5. The van der Waals surface area contributed by atoms with Crippen molar-refractivity contribution in [1.29, 1.82) is 0 Å². The molecular weight excluding hydrogens is 366 g/mol.